The molecule has 0 radical (unpaired) electrons. The number of phenols is 1. The number of nitrogens with one attached hydrogen (secondary N) is 1. The summed E-state index contributed by atoms with van der Waals surface area (Å²) >= 11 is 6.63. The van der Waals surface area contributed by atoms with Crippen LogP contribution < -0.4 is 5.32 Å². The lowest BCUT2D eigenvalue weighted by molar-refractivity contribution is -0.110. The van der Waals surface area contributed by atoms with Gasteiger partial charge in [0, 0.05) is 22.8 Å². The lowest BCUT2D eigenvalue weighted by atomic mass is 9.99. The van der Waals surface area contributed by atoms with Gasteiger partial charge in [0.1, 0.15) is 5.75 Å². The lowest BCUT2D eigenvalue weighted by Gasteiger charge is -2.06. The Kier molecular flexibility index (Phi) is 3.66. The van der Waals surface area contributed by atoms with E-state index in [0.29, 0.717) is 14.5 Å². The first-order chi connectivity index (χ1) is 11.5. The van der Waals surface area contributed by atoms with E-state index in [1.54, 1.807) is 18.3 Å². The van der Waals surface area contributed by atoms with E-state index in [1.807, 2.05) is 30.3 Å². The zero-order chi connectivity index (χ0) is 16.8. The fourth-order valence-corrected chi connectivity index (χ4v) is 4.04. The van der Waals surface area contributed by atoms with Crippen molar-refractivity contribution in [3.63, 3.8) is 0 Å². The first-order valence-electron chi connectivity index (χ1n) is 7.14. The quantitative estimate of drug-likeness (QED) is 0.520. The zero-order valence-electron chi connectivity index (χ0n) is 12.2. The number of aromatic nitrogens is 1. The van der Waals surface area contributed by atoms with Crippen molar-refractivity contribution < 1.29 is 9.90 Å². The first kappa shape index (κ1) is 15.4. The Balaban J connectivity index is 1.95. The topological polar surface area (TPSA) is 62.2 Å². The number of benzene rings is 2. The van der Waals surface area contributed by atoms with Gasteiger partial charge in [-0.2, -0.15) is 0 Å². The van der Waals surface area contributed by atoms with Crippen molar-refractivity contribution in [1.29, 1.82) is 0 Å². The van der Waals surface area contributed by atoms with Crippen molar-refractivity contribution in [1.82, 2.24) is 4.98 Å². The Morgan fingerprint density at radius 3 is 2.62 bits per heavy atom. The number of fused-ring (bicyclic) bond motifs is 3. The Bertz CT molecular complexity index is 1020. The summed E-state index contributed by atoms with van der Waals surface area (Å²) in [5.41, 5.74) is 3.85. The lowest BCUT2D eigenvalue weighted by Crippen LogP contribution is -2.03. The van der Waals surface area contributed by atoms with E-state index >= 15 is 0 Å². The predicted octanol–water partition coefficient (Wildman–Crippen LogP) is 4.96. The maximum atomic E-state index is 12.4. The first-order valence-corrected chi connectivity index (χ1v) is 8.72. The van der Waals surface area contributed by atoms with E-state index in [1.165, 1.54) is 0 Å². The highest BCUT2D eigenvalue weighted by molar-refractivity contribution is 9.11. The van der Waals surface area contributed by atoms with Crippen molar-refractivity contribution in [2.75, 3.05) is 5.32 Å². The van der Waals surface area contributed by atoms with Crippen LogP contribution in [0.2, 0.25) is 0 Å². The molecule has 2 aromatic carbocycles. The van der Waals surface area contributed by atoms with Gasteiger partial charge >= 0.3 is 0 Å². The van der Waals surface area contributed by atoms with Crippen LogP contribution in [0, 0.1) is 0 Å². The maximum absolute atomic E-state index is 12.4. The second kappa shape index (κ2) is 5.72. The molecule has 1 aliphatic heterocycles. The molecular weight excluding hydrogens is 436 g/mol. The number of pyridine rings is 1. The second-order valence-electron chi connectivity index (χ2n) is 5.40. The SMILES string of the molecule is O=C1Nc2ccc3ncccc3c2/C1=C\c1cc(Br)c(O)c(Br)c1. The Morgan fingerprint density at radius 2 is 1.88 bits per heavy atom. The summed E-state index contributed by atoms with van der Waals surface area (Å²) in [6.45, 7) is 0. The minimum atomic E-state index is -0.151. The van der Waals surface area contributed by atoms with E-state index in [0.717, 1.165) is 27.7 Å². The smallest absolute Gasteiger partial charge is 0.256 e. The number of hydrogen-bond acceptors (Lipinski definition) is 3. The fourth-order valence-electron chi connectivity index (χ4n) is 2.82. The molecule has 4 nitrogen and oxygen atoms in total. The third kappa shape index (κ3) is 2.42. The number of amides is 1. The van der Waals surface area contributed by atoms with Crippen molar-refractivity contribution in [2.24, 2.45) is 0 Å². The Labute approximate surface area is 154 Å². The number of carbonyl (C=O) groups is 1. The third-order valence-electron chi connectivity index (χ3n) is 3.90. The van der Waals surface area contributed by atoms with Crippen LogP contribution in [0.5, 0.6) is 5.75 Å². The molecule has 24 heavy (non-hydrogen) atoms. The number of phenolic OH excluding ortho intramolecular Hbond substituents is 1. The number of anilines is 1. The zero-order valence-corrected chi connectivity index (χ0v) is 15.3. The minimum Gasteiger partial charge on any atom is -0.506 e. The molecule has 0 saturated heterocycles. The van der Waals surface area contributed by atoms with Crippen LogP contribution >= 0.6 is 31.9 Å². The van der Waals surface area contributed by atoms with Gasteiger partial charge in [0.15, 0.2) is 0 Å². The number of rotatable bonds is 1. The van der Waals surface area contributed by atoms with Gasteiger partial charge in [-0.25, -0.2) is 0 Å². The summed E-state index contributed by atoms with van der Waals surface area (Å²) < 4.78 is 1.11. The van der Waals surface area contributed by atoms with Gasteiger partial charge in [-0.1, -0.05) is 6.07 Å². The van der Waals surface area contributed by atoms with Crippen LogP contribution in [0.25, 0.3) is 22.6 Å². The normalized spacial score (nSPS) is 14.9. The molecule has 0 aliphatic carbocycles. The van der Waals surface area contributed by atoms with Gasteiger partial charge in [-0.3, -0.25) is 9.78 Å². The molecule has 4 rings (SSSR count). The standard InChI is InChI=1S/C18H10Br2N2O2/c19-12-7-9(8-13(20)17(12)23)6-11-16-10-2-1-5-21-14(10)3-4-15(16)22-18(11)24/h1-8,23H,(H,22,24)/b11-6+. The molecular formula is C18H10Br2N2O2. The number of carbonyl (C=O) groups excluding carboxylic acids is 1. The molecule has 0 unspecified atom stereocenters. The van der Waals surface area contributed by atoms with Crippen molar-refractivity contribution >= 4 is 66.0 Å². The molecule has 6 heteroatoms. The molecule has 0 fully saturated rings. The highest BCUT2D eigenvalue weighted by atomic mass is 79.9. The van der Waals surface area contributed by atoms with Gasteiger partial charge in [0.25, 0.3) is 5.91 Å². The van der Waals surface area contributed by atoms with Crippen LogP contribution in [0.15, 0.2) is 51.5 Å². The third-order valence-corrected chi connectivity index (χ3v) is 5.11. The van der Waals surface area contributed by atoms with Crippen molar-refractivity contribution in [3.8, 4) is 5.75 Å². The number of halogens is 2. The van der Waals surface area contributed by atoms with Gasteiger partial charge in [-0.15, -0.1) is 0 Å². The summed E-state index contributed by atoms with van der Waals surface area (Å²) in [5.74, 6) is -0.0234. The molecule has 0 spiro atoms. The molecule has 1 amide bonds. The molecule has 0 saturated carbocycles. The summed E-state index contributed by atoms with van der Waals surface area (Å²) in [6.07, 6.45) is 3.54. The van der Waals surface area contributed by atoms with Crippen LogP contribution in [0.4, 0.5) is 5.69 Å². The van der Waals surface area contributed by atoms with E-state index in [-0.39, 0.29) is 11.7 Å². The van der Waals surface area contributed by atoms with Crippen LogP contribution in [-0.4, -0.2) is 16.0 Å². The Morgan fingerprint density at radius 1 is 1.12 bits per heavy atom. The van der Waals surface area contributed by atoms with Crippen molar-refractivity contribution in [2.45, 2.75) is 0 Å². The molecule has 2 heterocycles. The van der Waals surface area contributed by atoms with Crippen molar-refractivity contribution in [3.05, 3.63) is 62.7 Å². The summed E-state index contributed by atoms with van der Waals surface area (Å²) in [7, 11) is 0. The average molecular weight is 446 g/mol. The number of nitrogens with zero attached hydrogens (tertiary/aromatic N) is 1. The highest BCUT2D eigenvalue weighted by Gasteiger charge is 2.26. The van der Waals surface area contributed by atoms with E-state index in [9.17, 15) is 9.90 Å². The Hall–Kier alpha value is -2.18. The minimum absolute atomic E-state index is 0.128. The molecule has 0 atom stereocenters. The fraction of sp³-hybridized carbons (Fsp3) is 0. The average Bonchev–Trinajstić information content (AvgIpc) is 2.89. The number of hydrogen-bond donors (Lipinski definition) is 2. The molecule has 0 bridgehead atoms. The molecule has 1 aliphatic rings. The molecule has 3 aromatic rings. The van der Waals surface area contributed by atoms with E-state index in [4.69, 9.17) is 0 Å². The van der Waals surface area contributed by atoms with Crippen LogP contribution in [0.1, 0.15) is 11.1 Å². The van der Waals surface area contributed by atoms with E-state index < -0.39 is 0 Å². The molecule has 2 N–H and O–H groups in total. The largest absolute Gasteiger partial charge is 0.506 e. The summed E-state index contributed by atoms with van der Waals surface area (Å²) in [6, 6.07) is 11.1. The summed E-state index contributed by atoms with van der Waals surface area (Å²) in [4.78, 5) is 16.8. The molecule has 118 valence electrons. The van der Waals surface area contributed by atoms with Gasteiger partial charge in [-0.05, 0) is 73.8 Å². The maximum Gasteiger partial charge on any atom is 0.256 e. The van der Waals surface area contributed by atoms with Gasteiger partial charge < -0.3 is 10.4 Å². The number of aromatic hydroxyl groups is 1. The predicted molar refractivity (Wildman–Crippen MR) is 102 cm³/mol. The monoisotopic (exact) mass is 444 g/mol. The van der Waals surface area contributed by atoms with Crippen LogP contribution in [0.3, 0.4) is 0 Å². The molecule has 1 aromatic heterocycles. The highest BCUT2D eigenvalue weighted by Crippen LogP contribution is 2.39. The second-order valence-corrected chi connectivity index (χ2v) is 7.11. The summed E-state index contributed by atoms with van der Waals surface area (Å²) in [5, 5.41) is 13.7. The van der Waals surface area contributed by atoms with Gasteiger partial charge in [0.05, 0.1) is 20.0 Å². The van der Waals surface area contributed by atoms with Gasteiger partial charge in [0.2, 0.25) is 0 Å². The van der Waals surface area contributed by atoms with Crippen LogP contribution in [-0.2, 0) is 4.79 Å². The van der Waals surface area contributed by atoms with E-state index in [2.05, 4.69) is 42.2 Å².